The number of thiazole rings is 1. The Labute approximate surface area is 244 Å². The number of halogens is 3. The van der Waals surface area contributed by atoms with Gasteiger partial charge in [0, 0.05) is 17.0 Å². The number of hydrogen-bond donors (Lipinski definition) is 1. The molecule has 1 N–H and O–H groups in total. The maximum absolute atomic E-state index is 14.6. The summed E-state index contributed by atoms with van der Waals surface area (Å²) in [5, 5.41) is 27.0. The third-order valence-electron chi connectivity index (χ3n) is 8.83. The van der Waals surface area contributed by atoms with Crippen LogP contribution in [0.15, 0.2) is 34.9 Å². The van der Waals surface area contributed by atoms with Crippen molar-refractivity contribution >= 4 is 44.8 Å². The Balaban J connectivity index is 1.16. The third-order valence-corrected chi connectivity index (χ3v) is 10.7. The summed E-state index contributed by atoms with van der Waals surface area (Å²) in [4.78, 5) is 4.51. The Morgan fingerprint density at radius 1 is 1.25 bits per heavy atom. The van der Waals surface area contributed by atoms with Gasteiger partial charge in [0.15, 0.2) is 5.82 Å². The van der Waals surface area contributed by atoms with Crippen LogP contribution in [0.2, 0.25) is 10.0 Å². The van der Waals surface area contributed by atoms with E-state index in [1.807, 2.05) is 6.07 Å². The van der Waals surface area contributed by atoms with E-state index in [9.17, 15) is 14.8 Å². The summed E-state index contributed by atoms with van der Waals surface area (Å²) < 4.78 is 27.7. The van der Waals surface area contributed by atoms with E-state index >= 15 is 0 Å². The van der Waals surface area contributed by atoms with Crippen molar-refractivity contribution in [1.29, 1.82) is 5.26 Å². The Kier molecular flexibility index (Phi) is 6.45. The van der Waals surface area contributed by atoms with Crippen LogP contribution in [0.5, 0.6) is 0 Å². The maximum Gasteiger partial charge on any atom is 0.151 e. The van der Waals surface area contributed by atoms with Gasteiger partial charge in [0.1, 0.15) is 27.6 Å². The highest BCUT2D eigenvalue weighted by atomic mass is 35.5. The number of ether oxygens (including phenoxy) is 1. The average Bonchev–Trinajstić information content (AvgIpc) is 3.46. The second kappa shape index (κ2) is 9.78. The molecule has 40 heavy (non-hydrogen) atoms. The van der Waals surface area contributed by atoms with Crippen LogP contribution in [0.3, 0.4) is 0 Å². The van der Waals surface area contributed by atoms with Crippen molar-refractivity contribution in [1.82, 2.24) is 10.1 Å². The van der Waals surface area contributed by atoms with Gasteiger partial charge in [0.05, 0.1) is 39.1 Å². The normalized spacial score (nSPS) is 27.8. The van der Waals surface area contributed by atoms with Crippen molar-refractivity contribution in [2.24, 2.45) is 17.8 Å². The van der Waals surface area contributed by atoms with E-state index in [2.05, 4.69) is 17.1 Å². The summed E-state index contributed by atoms with van der Waals surface area (Å²) in [6.07, 6.45) is 3.93. The second-order valence-corrected chi connectivity index (χ2v) is 13.4. The molecule has 3 saturated carbocycles. The molecule has 3 aliphatic rings. The zero-order valence-corrected chi connectivity index (χ0v) is 24.0. The average molecular weight is 599 g/mol. The first-order valence-electron chi connectivity index (χ1n) is 13.5. The van der Waals surface area contributed by atoms with Crippen LogP contribution in [-0.4, -0.2) is 21.4 Å². The number of fused-ring (bicyclic) bond motifs is 3. The summed E-state index contributed by atoms with van der Waals surface area (Å²) >= 11 is 14.3. The molecule has 0 aliphatic heterocycles. The fourth-order valence-corrected chi connectivity index (χ4v) is 8.50. The molecule has 3 aliphatic carbocycles. The fourth-order valence-electron chi connectivity index (χ4n) is 6.80. The number of hydrogen-bond acceptors (Lipinski definition) is 7. The highest BCUT2D eigenvalue weighted by molar-refractivity contribution is 7.18. The topological polar surface area (TPSA) is 92.2 Å². The number of aliphatic hydroxyl groups is 1. The molecule has 5 atom stereocenters. The van der Waals surface area contributed by atoms with Crippen molar-refractivity contribution in [3.05, 3.63) is 68.1 Å². The highest BCUT2D eigenvalue weighted by Crippen LogP contribution is 2.55. The third kappa shape index (κ3) is 4.34. The molecule has 0 saturated heterocycles. The Morgan fingerprint density at radius 2 is 2.02 bits per heavy atom. The first-order chi connectivity index (χ1) is 19.3. The molecule has 2 aromatic heterocycles. The van der Waals surface area contributed by atoms with Gasteiger partial charge in [-0.25, -0.2) is 9.37 Å². The summed E-state index contributed by atoms with van der Waals surface area (Å²) in [5.41, 5.74) is 1.44. The maximum atomic E-state index is 14.6. The molecule has 4 aromatic rings. The Bertz CT molecular complexity index is 1660. The predicted molar refractivity (Wildman–Crippen MR) is 151 cm³/mol. The second-order valence-electron chi connectivity index (χ2n) is 11.5. The van der Waals surface area contributed by atoms with Crippen LogP contribution in [0.1, 0.15) is 66.8 Å². The van der Waals surface area contributed by atoms with E-state index in [1.54, 1.807) is 24.3 Å². The monoisotopic (exact) mass is 597 g/mol. The molecule has 7 rings (SSSR count). The zero-order valence-electron chi connectivity index (χ0n) is 21.7. The van der Waals surface area contributed by atoms with E-state index < -0.39 is 11.4 Å². The summed E-state index contributed by atoms with van der Waals surface area (Å²) in [6.45, 7) is 2.52. The van der Waals surface area contributed by atoms with E-state index in [0.717, 1.165) is 30.6 Å². The minimum Gasteiger partial charge on any atom is -0.383 e. The van der Waals surface area contributed by atoms with Gasteiger partial charge in [-0.15, -0.1) is 11.3 Å². The Hall–Kier alpha value is -2.54. The lowest BCUT2D eigenvalue weighted by Gasteiger charge is -2.40. The molecular formula is C30H26Cl2FN3O3S. The molecule has 0 spiro atoms. The lowest BCUT2D eigenvalue weighted by molar-refractivity contribution is -0.109. The molecule has 2 unspecified atom stereocenters. The van der Waals surface area contributed by atoms with E-state index in [0.29, 0.717) is 62.3 Å². The number of benzene rings is 2. The van der Waals surface area contributed by atoms with Gasteiger partial charge in [-0.1, -0.05) is 41.3 Å². The van der Waals surface area contributed by atoms with E-state index in [1.165, 1.54) is 17.4 Å². The van der Waals surface area contributed by atoms with Crippen LogP contribution in [-0.2, 0) is 16.9 Å². The van der Waals surface area contributed by atoms with Crippen molar-refractivity contribution in [3.8, 4) is 17.3 Å². The molecule has 10 heteroatoms. The summed E-state index contributed by atoms with van der Waals surface area (Å²) in [7, 11) is 0. The molecule has 2 bridgehead atoms. The minimum absolute atomic E-state index is 0.0527. The van der Waals surface area contributed by atoms with Crippen molar-refractivity contribution in [2.75, 3.05) is 0 Å². The van der Waals surface area contributed by atoms with E-state index in [4.69, 9.17) is 32.5 Å². The minimum atomic E-state index is -1.17. The van der Waals surface area contributed by atoms with Crippen LogP contribution < -0.4 is 0 Å². The predicted octanol–water partition coefficient (Wildman–Crippen LogP) is 7.99. The molecule has 0 amide bonds. The van der Waals surface area contributed by atoms with Crippen molar-refractivity contribution < 1.29 is 18.8 Å². The molecule has 2 aromatic carbocycles. The van der Waals surface area contributed by atoms with Crippen LogP contribution >= 0.6 is 34.5 Å². The van der Waals surface area contributed by atoms with Crippen LogP contribution in [0, 0.1) is 34.9 Å². The van der Waals surface area contributed by atoms with Gasteiger partial charge in [-0.2, -0.15) is 5.26 Å². The molecule has 3 fully saturated rings. The van der Waals surface area contributed by atoms with Crippen molar-refractivity contribution in [2.45, 2.75) is 63.3 Å². The Morgan fingerprint density at radius 3 is 2.73 bits per heavy atom. The van der Waals surface area contributed by atoms with Gasteiger partial charge in [-0.05, 0) is 74.1 Å². The molecule has 0 radical (unpaired) electrons. The molecular weight excluding hydrogens is 572 g/mol. The number of nitrogens with zero attached hydrogens (tertiary/aromatic N) is 3. The molecule has 206 valence electrons. The van der Waals surface area contributed by atoms with Crippen LogP contribution in [0.4, 0.5) is 4.39 Å². The molecule has 6 nitrogen and oxygen atoms in total. The lowest BCUT2D eigenvalue weighted by atomic mass is 9.75. The van der Waals surface area contributed by atoms with Gasteiger partial charge in [0.2, 0.25) is 0 Å². The summed E-state index contributed by atoms with van der Waals surface area (Å²) in [6, 6.07) is 10.2. The van der Waals surface area contributed by atoms with Gasteiger partial charge >= 0.3 is 0 Å². The fraction of sp³-hybridized carbons (Fsp3) is 0.433. The number of aromatic nitrogens is 2. The van der Waals surface area contributed by atoms with Gasteiger partial charge < -0.3 is 14.4 Å². The quantitative estimate of drug-likeness (QED) is 0.242. The van der Waals surface area contributed by atoms with Crippen LogP contribution in [0.25, 0.3) is 21.5 Å². The van der Waals surface area contributed by atoms with Gasteiger partial charge in [0.25, 0.3) is 0 Å². The zero-order chi connectivity index (χ0) is 27.8. The summed E-state index contributed by atoms with van der Waals surface area (Å²) in [5.74, 6) is 1.20. The lowest BCUT2D eigenvalue weighted by Crippen LogP contribution is -2.42. The number of rotatable bonds is 6. The SMILES string of the molecule is C[C@H]1C[C@@H]2CC(O)(c3nc4c(F)cc(C#N)cc4s3)C[C@H]1C2OCc1c(-c2c(Cl)cccc2Cl)noc1C1CC1. The van der Waals surface area contributed by atoms with Crippen molar-refractivity contribution in [3.63, 3.8) is 0 Å². The first kappa shape index (κ1) is 26.4. The standard InChI is InChI=1S/C30H26Cl2FN3O3S/c1-14-7-17-10-30(37,29-35-26-22(33)8-15(12-34)9-23(26)40-29)11-18(14)27(17)38-13-19-25(36-39-28(19)16-5-6-16)24-20(31)3-2-4-21(24)32/h2-4,8-9,14,16-18,27,37H,5-7,10-11,13H2,1H3/t14-,17+,18+,27?,30?/m0/s1. The first-order valence-corrected chi connectivity index (χ1v) is 15.1. The molecule has 2 heterocycles. The van der Waals surface area contributed by atoms with E-state index in [-0.39, 0.29) is 29.0 Å². The largest absolute Gasteiger partial charge is 0.383 e. The van der Waals surface area contributed by atoms with Gasteiger partial charge in [-0.3, -0.25) is 0 Å². The smallest absolute Gasteiger partial charge is 0.151 e. The highest BCUT2D eigenvalue weighted by Gasteiger charge is 2.54. The number of nitriles is 1.